The van der Waals surface area contributed by atoms with Gasteiger partial charge in [-0.15, -0.1) is 0 Å². The lowest BCUT2D eigenvalue weighted by Gasteiger charge is -2.64. The number of aliphatic hydroxyl groups is 1. The summed E-state index contributed by atoms with van der Waals surface area (Å²) in [7, 11) is 0. The second kappa shape index (κ2) is 2.98. The summed E-state index contributed by atoms with van der Waals surface area (Å²) in [6.45, 7) is 5.10. The zero-order valence-corrected chi connectivity index (χ0v) is 11.4. The molecule has 5 fully saturated rings. The first-order chi connectivity index (χ1) is 8.68. The van der Waals surface area contributed by atoms with Crippen LogP contribution in [-0.2, 0) is 0 Å². The Labute approximate surface area is 110 Å². The summed E-state index contributed by atoms with van der Waals surface area (Å²) in [5, 5.41) is 10.9. The van der Waals surface area contributed by atoms with E-state index in [1.165, 1.54) is 45.2 Å². The fourth-order valence-corrected chi connectivity index (χ4v) is 7.71. The van der Waals surface area contributed by atoms with Crippen molar-refractivity contribution in [2.45, 2.75) is 57.1 Å². The molecular weight excluding hydrogens is 222 g/mol. The Balaban J connectivity index is 1.75. The first-order valence-corrected chi connectivity index (χ1v) is 8.11. The first-order valence-electron chi connectivity index (χ1n) is 8.11. The predicted octanol–water partition coefficient (Wildman–Crippen LogP) is 2.27. The minimum absolute atomic E-state index is 0.0176. The van der Waals surface area contributed by atoms with Crippen molar-refractivity contribution in [1.29, 1.82) is 0 Å². The monoisotopic (exact) mass is 247 g/mol. The van der Waals surface area contributed by atoms with Gasteiger partial charge in [0.1, 0.15) is 0 Å². The molecule has 6 bridgehead atoms. The highest BCUT2D eigenvalue weighted by Crippen LogP contribution is 2.75. The summed E-state index contributed by atoms with van der Waals surface area (Å²) in [5.41, 5.74) is 0.761. The van der Waals surface area contributed by atoms with Gasteiger partial charge >= 0.3 is 0 Å². The van der Waals surface area contributed by atoms with Crippen LogP contribution in [0.2, 0.25) is 0 Å². The summed E-state index contributed by atoms with van der Waals surface area (Å²) < 4.78 is 0. The van der Waals surface area contributed by atoms with Gasteiger partial charge in [0, 0.05) is 17.5 Å². The van der Waals surface area contributed by atoms with Crippen LogP contribution in [0.4, 0.5) is 0 Å². The molecule has 0 amide bonds. The average Bonchev–Trinajstić information content (AvgIpc) is 2.59. The van der Waals surface area contributed by atoms with Gasteiger partial charge in [-0.1, -0.05) is 6.92 Å². The summed E-state index contributed by atoms with van der Waals surface area (Å²) in [6, 6.07) is 0. The van der Waals surface area contributed by atoms with E-state index in [9.17, 15) is 5.11 Å². The molecule has 2 aliphatic heterocycles. The second-order valence-electron chi connectivity index (χ2n) is 8.11. The summed E-state index contributed by atoms with van der Waals surface area (Å²) in [6.07, 6.45) is 8.03. The van der Waals surface area contributed by atoms with E-state index < -0.39 is 0 Å². The number of aliphatic hydroxyl groups excluding tert-OH is 1. The Morgan fingerprint density at radius 1 is 1.22 bits per heavy atom. The van der Waals surface area contributed by atoms with Crippen molar-refractivity contribution >= 4 is 0 Å². The average molecular weight is 247 g/mol. The standard InChI is InChI=1S/C16H25NO/c1-10-5-11-6-14(18)15-3-2-4-17-9-12(15)7-13(11)16(15,17)8-10/h10-14,18H,2-9H2,1H3. The van der Waals surface area contributed by atoms with Gasteiger partial charge in [-0.2, -0.15) is 0 Å². The van der Waals surface area contributed by atoms with E-state index in [2.05, 4.69) is 11.8 Å². The molecule has 0 aromatic rings. The van der Waals surface area contributed by atoms with E-state index in [1.807, 2.05) is 0 Å². The smallest absolute Gasteiger partial charge is 0.0620 e. The van der Waals surface area contributed by atoms with Crippen molar-refractivity contribution in [3.8, 4) is 0 Å². The van der Waals surface area contributed by atoms with Crippen LogP contribution in [0.5, 0.6) is 0 Å². The van der Waals surface area contributed by atoms with Crippen molar-refractivity contribution < 1.29 is 5.11 Å². The highest BCUT2D eigenvalue weighted by molar-refractivity contribution is 5.30. The summed E-state index contributed by atoms with van der Waals surface area (Å²) in [4.78, 5) is 2.85. The maximum absolute atomic E-state index is 10.9. The van der Waals surface area contributed by atoms with Crippen molar-refractivity contribution in [3.05, 3.63) is 0 Å². The lowest BCUT2D eigenvalue weighted by Crippen LogP contribution is -2.69. The third kappa shape index (κ3) is 0.841. The molecule has 8 atom stereocenters. The van der Waals surface area contributed by atoms with Crippen LogP contribution in [0.1, 0.15) is 45.4 Å². The van der Waals surface area contributed by atoms with Crippen LogP contribution >= 0.6 is 0 Å². The Morgan fingerprint density at radius 2 is 2.11 bits per heavy atom. The van der Waals surface area contributed by atoms with Crippen LogP contribution < -0.4 is 0 Å². The zero-order valence-electron chi connectivity index (χ0n) is 11.4. The molecule has 100 valence electrons. The van der Waals surface area contributed by atoms with Crippen molar-refractivity contribution in [2.75, 3.05) is 13.1 Å². The number of piperidine rings is 2. The molecule has 3 aliphatic carbocycles. The van der Waals surface area contributed by atoms with Crippen LogP contribution in [-0.4, -0.2) is 34.7 Å². The number of rotatable bonds is 0. The molecule has 5 rings (SSSR count). The first kappa shape index (κ1) is 10.7. The Kier molecular flexibility index (Phi) is 1.77. The van der Waals surface area contributed by atoms with Crippen molar-refractivity contribution in [3.63, 3.8) is 0 Å². The van der Waals surface area contributed by atoms with Crippen molar-refractivity contribution in [1.82, 2.24) is 4.90 Å². The van der Waals surface area contributed by atoms with Gasteiger partial charge in [-0.3, -0.25) is 4.90 Å². The third-order valence-electron chi connectivity index (χ3n) is 7.76. The zero-order chi connectivity index (χ0) is 12.1. The van der Waals surface area contributed by atoms with E-state index in [1.54, 1.807) is 0 Å². The fraction of sp³-hybridized carbons (Fsp3) is 1.00. The maximum atomic E-state index is 10.9. The summed E-state index contributed by atoms with van der Waals surface area (Å²) in [5.74, 6) is 3.49. The van der Waals surface area contributed by atoms with Gasteiger partial charge in [-0.05, 0) is 68.7 Å². The molecule has 2 saturated heterocycles. The molecule has 1 spiro atoms. The number of hydrogen-bond acceptors (Lipinski definition) is 2. The molecule has 0 radical (unpaired) electrons. The SMILES string of the molecule is CC1CC2CC(O)C34CCCN5CC3CC2C54C1. The van der Waals surface area contributed by atoms with E-state index in [0.29, 0.717) is 11.0 Å². The Hall–Kier alpha value is -0.0800. The van der Waals surface area contributed by atoms with Crippen molar-refractivity contribution in [2.24, 2.45) is 29.1 Å². The highest BCUT2D eigenvalue weighted by atomic mass is 16.3. The minimum Gasteiger partial charge on any atom is -0.392 e. The maximum Gasteiger partial charge on any atom is 0.0620 e. The van der Waals surface area contributed by atoms with Gasteiger partial charge in [-0.25, -0.2) is 0 Å². The van der Waals surface area contributed by atoms with Crippen LogP contribution in [0.3, 0.4) is 0 Å². The highest BCUT2D eigenvalue weighted by Gasteiger charge is 2.78. The Bertz CT molecular complexity index is 410. The second-order valence-corrected chi connectivity index (χ2v) is 8.11. The fourth-order valence-electron chi connectivity index (χ4n) is 7.71. The van der Waals surface area contributed by atoms with Gasteiger partial charge < -0.3 is 5.11 Å². The largest absolute Gasteiger partial charge is 0.392 e. The van der Waals surface area contributed by atoms with E-state index in [4.69, 9.17) is 0 Å². The van der Waals surface area contributed by atoms with Gasteiger partial charge in [0.05, 0.1) is 6.10 Å². The normalized spacial score (nSPS) is 68.3. The molecule has 5 aliphatic rings. The summed E-state index contributed by atoms with van der Waals surface area (Å²) >= 11 is 0. The molecule has 2 nitrogen and oxygen atoms in total. The molecule has 3 saturated carbocycles. The lowest BCUT2D eigenvalue weighted by molar-refractivity contribution is -0.175. The van der Waals surface area contributed by atoms with Gasteiger partial charge in [0.15, 0.2) is 0 Å². The molecule has 1 N–H and O–H groups in total. The van der Waals surface area contributed by atoms with E-state index in [0.717, 1.165) is 30.1 Å². The molecule has 18 heavy (non-hydrogen) atoms. The molecule has 8 unspecified atom stereocenters. The molecule has 2 heteroatoms. The lowest BCUT2D eigenvalue weighted by atomic mass is 9.48. The van der Waals surface area contributed by atoms with Crippen LogP contribution in [0.15, 0.2) is 0 Å². The van der Waals surface area contributed by atoms with Gasteiger partial charge in [0.25, 0.3) is 0 Å². The molecule has 2 heterocycles. The van der Waals surface area contributed by atoms with Gasteiger partial charge in [0.2, 0.25) is 0 Å². The minimum atomic E-state index is 0.0176. The number of hydrogen-bond donors (Lipinski definition) is 1. The molecular formula is C16H25NO. The third-order valence-corrected chi connectivity index (χ3v) is 7.76. The van der Waals surface area contributed by atoms with E-state index >= 15 is 0 Å². The topological polar surface area (TPSA) is 23.5 Å². The van der Waals surface area contributed by atoms with Crippen LogP contribution in [0.25, 0.3) is 0 Å². The number of nitrogens with zero attached hydrogens (tertiary/aromatic N) is 1. The molecule has 0 aromatic heterocycles. The molecule has 0 aromatic carbocycles. The van der Waals surface area contributed by atoms with Crippen LogP contribution in [0, 0.1) is 29.1 Å². The quantitative estimate of drug-likeness (QED) is 0.710. The Morgan fingerprint density at radius 3 is 3.00 bits per heavy atom. The predicted molar refractivity (Wildman–Crippen MR) is 70.1 cm³/mol. The van der Waals surface area contributed by atoms with E-state index in [-0.39, 0.29) is 6.10 Å².